The molecule has 90 valence electrons. The molecule has 17 heavy (non-hydrogen) atoms. The number of fused-ring (bicyclic) bond motifs is 1. The van der Waals surface area contributed by atoms with Crippen LogP contribution in [-0.2, 0) is 4.79 Å². The summed E-state index contributed by atoms with van der Waals surface area (Å²) in [6.45, 7) is 0. The second-order valence-electron chi connectivity index (χ2n) is 5.31. The molecule has 3 rings (SSSR count). The maximum Gasteiger partial charge on any atom is 0.232 e. The monoisotopic (exact) mass is 229 g/mol. The zero-order valence-corrected chi connectivity index (χ0v) is 10.1. The highest BCUT2D eigenvalue weighted by molar-refractivity contribution is 6.03. The predicted octanol–water partition coefficient (Wildman–Crippen LogP) is 3.69. The van der Waals surface area contributed by atoms with Gasteiger partial charge in [0.25, 0.3) is 0 Å². The van der Waals surface area contributed by atoms with Crippen LogP contribution in [0, 0.1) is 5.92 Å². The Morgan fingerprint density at radius 1 is 1.00 bits per heavy atom. The molecule has 0 unspecified atom stereocenters. The second kappa shape index (κ2) is 4.52. The maximum atomic E-state index is 12.1. The van der Waals surface area contributed by atoms with Crippen molar-refractivity contribution in [2.24, 2.45) is 5.92 Å². The Hall–Kier alpha value is -1.31. The quantitative estimate of drug-likeness (QED) is 0.731. The van der Waals surface area contributed by atoms with Gasteiger partial charge in [0.15, 0.2) is 0 Å². The molecule has 2 nitrogen and oxygen atoms in total. The van der Waals surface area contributed by atoms with Crippen LogP contribution in [0.4, 0.5) is 5.69 Å². The van der Waals surface area contributed by atoms with Crippen molar-refractivity contribution in [3.8, 4) is 0 Å². The van der Waals surface area contributed by atoms with E-state index in [1.807, 2.05) is 18.2 Å². The lowest BCUT2D eigenvalue weighted by molar-refractivity contribution is -0.118. The van der Waals surface area contributed by atoms with Crippen LogP contribution in [0.2, 0.25) is 0 Å². The third-order valence-corrected chi connectivity index (χ3v) is 4.21. The molecule has 1 aliphatic heterocycles. The van der Waals surface area contributed by atoms with Gasteiger partial charge in [-0.3, -0.25) is 4.79 Å². The molecule has 1 fully saturated rings. The molecule has 1 N–H and O–H groups in total. The number of amides is 1. The molecule has 2 heteroatoms. The van der Waals surface area contributed by atoms with E-state index in [1.54, 1.807) is 0 Å². The highest BCUT2D eigenvalue weighted by Crippen LogP contribution is 2.42. The van der Waals surface area contributed by atoms with Gasteiger partial charge in [0.1, 0.15) is 0 Å². The molecule has 2 aliphatic rings. The van der Waals surface area contributed by atoms with Crippen LogP contribution < -0.4 is 5.32 Å². The lowest BCUT2D eigenvalue weighted by atomic mass is 9.82. The first-order chi connectivity index (χ1) is 8.36. The fourth-order valence-corrected chi connectivity index (χ4v) is 3.35. The third kappa shape index (κ3) is 1.97. The maximum absolute atomic E-state index is 12.1. The van der Waals surface area contributed by atoms with Gasteiger partial charge in [-0.25, -0.2) is 0 Å². The third-order valence-electron chi connectivity index (χ3n) is 4.21. The summed E-state index contributed by atoms with van der Waals surface area (Å²) in [4.78, 5) is 12.1. The van der Waals surface area contributed by atoms with Crippen LogP contribution >= 0.6 is 0 Å². The highest BCUT2D eigenvalue weighted by atomic mass is 16.2. The smallest absolute Gasteiger partial charge is 0.232 e. The topological polar surface area (TPSA) is 29.1 Å². The molecule has 1 aromatic carbocycles. The fourth-order valence-electron chi connectivity index (χ4n) is 3.35. The molecule has 1 aliphatic carbocycles. The Bertz CT molecular complexity index is 419. The number of hydrogen-bond acceptors (Lipinski definition) is 1. The molecule has 0 bridgehead atoms. The van der Waals surface area contributed by atoms with Gasteiger partial charge < -0.3 is 5.32 Å². The molecule has 1 aromatic rings. The van der Waals surface area contributed by atoms with Gasteiger partial charge in [0.2, 0.25) is 5.91 Å². The molecule has 1 saturated carbocycles. The normalized spacial score (nSPS) is 25.2. The van der Waals surface area contributed by atoms with E-state index >= 15 is 0 Å². The average Bonchev–Trinajstić information content (AvgIpc) is 2.53. The van der Waals surface area contributed by atoms with Gasteiger partial charge in [-0.05, 0) is 30.4 Å². The van der Waals surface area contributed by atoms with E-state index in [0.29, 0.717) is 5.92 Å². The Labute approximate surface area is 102 Å². The number of para-hydroxylation sites is 1. The van der Waals surface area contributed by atoms with Crippen molar-refractivity contribution in [3.63, 3.8) is 0 Å². The van der Waals surface area contributed by atoms with Gasteiger partial charge in [-0.15, -0.1) is 0 Å². The molecule has 0 aromatic heterocycles. The molecule has 1 heterocycles. The average molecular weight is 229 g/mol. The summed E-state index contributed by atoms with van der Waals surface area (Å²) in [5.74, 6) is 0.892. The predicted molar refractivity (Wildman–Crippen MR) is 69.0 cm³/mol. The van der Waals surface area contributed by atoms with Gasteiger partial charge in [-0.2, -0.15) is 0 Å². The molecular formula is C15H19NO. The minimum Gasteiger partial charge on any atom is -0.325 e. The van der Waals surface area contributed by atoms with Gasteiger partial charge >= 0.3 is 0 Å². The van der Waals surface area contributed by atoms with Crippen molar-refractivity contribution in [1.82, 2.24) is 0 Å². The number of carbonyl (C=O) groups is 1. The molecule has 1 atom stereocenters. The van der Waals surface area contributed by atoms with Crippen molar-refractivity contribution in [2.75, 3.05) is 5.32 Å². The second-order valence-corrected chi connectivity index (χ2v) is 5.31. The largest absolute Gasteiger partial charge is 0.325 e. The summed E-state index contributed by atoms with van der Waals surface area (Å²) in [6, 6.07) is 8.17. The Morgan fingerprint density at radius 2 is 1.71 bits per heavy atom. The molecule has 0 saturated heterocycles. The van der Waals surface area contributed by atoms with E-state index in [2.05, 4.69) is 11.4 Å². The lowest BCUT2D eigenvalue weighted by Gasteiger charge is -2.20. The van der Waals surface area contributed by atoms with Crippen molar-refractivity contribution in [1.29, 1.82) is 0 Å². The van der Waals surface area contributed by atoms with E-state index in [9.17, 15) is 4.79 Å². The van der Waals surface area contributed by atoms with Crippen molar-refractivity contribution in [3.05, 3.63) is 29.8 Å². The Balaban J connectivity index is 1.89. The zero-order chi connectivity index (χ0) is 11.7. The number of rotatable bonds is 1. The summed E-state index contributed by atoms with van der Waals surface area (Å²) in [6.07, 6.45) is 7.69. The summed E-state index contributed by atoms with van der Waals surface area (Å²) in [7, 11) is 0. The first-order valence-electron chi connectivity index (χ1n) is 6.76. The van der Waals surface area contributed by atoms with Crippen LogP contribution in [0.3, 0.4) is 0 Å². The minimum atomic E-state index is 0.115. The van der Waals surface area contributed by atoms with Crippen molar-refractivity contribution < 1.29 is 4.79 Å². The Morgan fingerprint density at radius 3 is 2.47 bits per heavy atom. The first kappa shape index (κ1) is 10.8. The van der Waals surface area contributed by atoms with Crippen LogP contribution in [0.1, 0.15) is 50.0 Å². The number of nitrogens with one attached hydrogen (secondary N) is 1. The SMILES string of the molecule is O=C1Nc2ccccc2[C@H]1C1CCCCCC1. The van der Waals surface area contributed by atoms with E-state index in [4.69, 9.17) is 0 Å². The van der Waals surface area contributed by atoms with E-state index in [0.717, 1.165) is 5.69 Å². The lowest BCUT2D eigenvalue weighted by Crippen LogP contribution is -2.20. The summed E-state index contributed by atoms with van der Waals surface area (Å²) in [5, 5.41) is 3.03. The molecule has 0 spiro atoms. The standard InChI is InChI=1S/C15H19NO/c17-15-14(11-7-3-1-2-4-8-11)12-9-5-6-10-13(12)16-15/h5-6,9-11,14H,1-4,7-8H2,(H,16,17)/t14-/m1/s1. The number of hydrogen-bond donors (Lipinski definition) is 1. The molecule has 1 amide bonds. The van der Waals surface area contributed by atoms with Gasteiger partial charge in [0, 0.05) is 5.69 Å². The zero-order valence-electron chi connectivity index (χ0n) is 10.1. The Kier molecular flexibility index (Phi) is 2.87. The van der Waals surface area contributed by atoms with Crippen molar-refractivity contribution in [2.45, 2.75) is 44.4 Å². The summed E-state index contributed by atoms with van der Waals surface area (Å²) < 4.78 is 0. The number of benzene rings is 1. The van der Waals surface area contributed by atoms with Crippen LogP contribution in [0.5, 0.6) is 0 Å². The first-order valence-corrected chi connectivity index (χ1v) is 6.76. The van der Waals surface area contributed by atoms with Crippen LogP contribution in [-0.4, -0.2) is 5.91 Å². The van der Waals surface area contributed by atoms with Crippen molar-refractivity contribution >= 4 is 11.6 Å². The van der Waals surface area contributed by atoms with Gasteiger partial charge in [-0.1, -0.05) is 43.9 Å². The molecule has 0 radical (unpaired) electrons. The summed E-state index contributed by atoms with van der Waals surface area (Å²) >= 11 is 0. The number of anilines is 1. The van der Waals surface area contributed by atoms with Gasteiger partial charge in [0.05, 0.1) is 5.92 Å². The van der Waals surface area contributed by atoms with Crippen LogP contribution in [0.15, 0.2) is 24.3 Å². The van der Waals surface area contributed by atoms with E-state index in [-0.39, 0.29) is 11.8 Å². The van der Waals surface area contributed by atoms with E-state index in [1.165, 1.54) is 44.1 Å². The molecular weight excluding hydrogens is 210 g/mol. The van der Waals surface area contributed by atoms with Crippen LogP contribution in [0.25, 0.3) is 0 Å². The minimum absolute atomic E-state index is 0.115. The highest BCUT2D eigenvalue weighted by Gasteiger charge is 2.36. The fraction of sp³-hybridized carbons (Fsp3) is 0.533. The van der Waals surface area contributed by atoms with E-state index < -0.39 is 0 Å². The number of carbonyl (C=O) groups excluding carboxylic acids is 1. The summed E-state index contributed by atoms with van der Waals surface area (Å²) in [5.41, 5.74) is 2.26.